The second kappa shape index (κ2) is 4.59. The van der Waals surface area contributed by atoms with Gasteiger partial charge in [-0.05, 0) is 31.5 Å². The van der Waals surface area contributed by atoms with E-state index in [0.29, 0.717) is 6.54 Å². The van der Waals surface area contributed by atoms with Crippen molar-refractivity contribution in [1.82, 2.24) is 9.78 Å². The first kappa shape index (κ1) is 11.7. The Morgan fingerprint density at radius 2 is 1.88 bits per heavy atom. The topological polar surface area (TPSA) is 53.1 Å². The quantitative estimate of drug-likeness (QED) is 0.881. The summed E-state index contributed by atoms with van der Waals surface area (Å²) in [7, 11) is 1.91. The number of aromatic nitrogens is 2. The average Bonchev–Trinajstić information content (AvgIpc) is 2.57. The monoisotopic (exact) mass is 231 g/mol. The van der Waals surface area contributed by atoms with Crippen molar-refractivity contribution < 1.29 is 4.74 Å². The zero-order valence-corrected chi connectivity index (χ0v) is 10.4. The van der Waals surface area contributed by atoms with Crippen molar-refractivity contribution in [3.8, 4) is 11.5 Å². The Hall–Kier alpha value is -1.81. The zero-order valence-electron chi connectivity index (χ0n) is 10.4. The highest BCUT2D eigenvalue weighted by molar-refractivity contribution is 5.38. The number of nitrogens with zero attached hydrogens (tertiary/aromatic N) is 2. The largest absolute Gasteiger partial charge is 0.453 e. The van der Waals surface area contributed by atoms with Crippen LogP contribution < -0.4 is 10.5 Å². The van der Waals surface area contributed by atoms with Crippen LogP contribution in [0.3, 0.4) is 0 Å². The molecule has 1 aromatic heterocycles. The lowest BCUT2D eigenvalue weighted by Gasteiger charge is -2.06. The van der Waals surface area contributed by atoms with Crippen molar-refractivity contribution in [3.63, 3.8) is 0 Å². The summed E-state index contributed by atoms with van der Waals surface area (Å²) in [6.45, 7) is 4.48. The van der Waals surface area contributed by atoms with Gasteiger partial charge in [-0.1, -0.05) is 12.1 Å². The maximum Gasteiger partial charge on any atom is 0.171 e. The molecule has 0 radical (unpaired) electrons. The van der Waals surface area contributed by atoms with E-state index in [2.05, 4.69) is 5.10 Å². The van der Waals surface area contributed by atoms with Gasteiger partial charge < -0.3 is 10.5 Å². The van der Waals surface area contributed by atoms with Gasteiger partial charge in [-0.3, -0.25) is 4.68 Å². The molecule has 2 rings (SSSR count). The van der Waals surface area contributed by atoms with Gasteiger partial charge in [0, 0.05) is 13.6 Å². The van der Waals surface area contributed by atoms with Crippen molar-refractivity contribution in [2.24, 2.45) is 12.8 Å². The predicted molar refractivity (Wildman–Crippen MR) is 67.1 cm³/mol. The molecule has 4 heteroatoms. The Balaban J connectivity index is 2.25. The lowest BCUT2D eigenvalue weighted by atomic mass is 10.2. The summed E-state index contributed by atoms with van der Waals surface area (Å²) in [5.41, 5.74) is 8.56. The molecular formula is C13H17N3O. The molecule has 4 nitrogen and oxygen atoms in total. The second-order valence-electron chi connectivity index (χ2n) is 4.07. The summed E-state index contributed by atoms with van der Waals surface area (Å²) < 4.78 is 7.65. The molecule has 2 aromatic rings. The highest BCUT2D eigenvalue weighted by Gasteiger charge is 2.11. The molecule has 0 unspecified atom stereocenters. The van der Waals surface area contributed by atoms with Crippen LogP contribution in [-0.2, 0) is 13.6 Å². The van der Waals surface area contributed by atoms with Crippen LogP contribution in [0.15, 0.2) is 24.3 Å². The third-order valence-electron chi connectivity index (χ3n) is 2.82. The fourth-order valence-corrected chi connectivity index (χ4v) is 1.71. The maximum absolute atomic E-state index is 5.84. The highest BCUT2D eigenvalue weighted by Crippen LogP contribution is 2.27. The number of hydrogen-bond donors (Lipinski definition) is 1. The van der Waals surface area contributed by atoms with Crippen molar-refractivity contribution >= 4 is 0 Å². The second-order valence-corrected chi connectivity index (χ2v) is 4.07. The van der Waals surface area contributed by atoms with Crippen molar-refractivity contribution in [2.75, 3.05) is 0 Å². The van der Waals surface area contributed by atoms with Crippen LogP contribution in [0.1, 0.15) is 17.0 Å². The first-order chi connectivity index (χ1) is 8.11. The van der Waals surface area contributed by atoms with E-state index in [9.17, 15) is 0 Å². The summed E-state index contributed by atoms with van der Waals surface area (Å²) in [5.74, 6) is 1.63. The van der Waals surface area contributed by atoms with Gasteiger partial charge in [0.25, 0.3) is 0 Å². The molecule has 0 fully saturated rings. The van der Waals surface area contributed by atoms with Gasteiger partial charge in [-0.2, -0.15) is 5.10 Å². The Morgan fingerprint density at radius 3 is 2.35 bits per heavy atom. The molecule has 2 N–H and O–H groups in total. The molecule has 0 bridgehead atoms. The minimum absolute atomic E-state index is 0.547. The Morgan fingerprint density at radius 1 is 1.24 bits per heavy atom. The standard InChI is InChI=1S/C13H17N3O/c1-9-13(10(2)16(3)15-9)17-12-6-4-11(8-14)5-7-12/h4-7H,8,14H2,1-3H3. The third kappa shape index (κ3) is 2.31. The third-order valence-corrected chi connectivity index (χ3v) is 2.82. The van der Waals surface area contributed by atoms with Gasteiger partial charge >= 0.3 is 0 Å². The van der Waals surface area contributed by atoms with E-state index >= 15 is 0 Å². The summed E-state index contributed by atoms with van der Waals surface area (Å²) in [6.07, 6.45) is 0. The van der Waals surface area contributed by atoms with E-state index in [1.807, 2.05) is 49.8 Å². The maximum atomic E-state index is 5.84. The Kier molecular flexibility index (Phi) is 3.15. The first-order valence-electron chi connectivity index (χ1n) is 5.59. The van der Waals surface area contributed by atoms with E-state index in [0.717, 1.165) is 28.5 Å². The van der Waals surface area contributed by atoms with Gasteiger partial charge in [0.15, 0.2) is 5.75 Å². The molecule has 0 saturated carbocycles. The summed E-state index contributed by atoms with van der Waals surface area (Å²) in [4.78, 5) is 0. The number of nitrogens with two attached hydrogens (primary N) is 1. The molecule has 90 valence electrons. The van der Waals surface area contributed by atoms with Crippen LogP contribution in [0.25, 0.3) is 0 Å². The summed E-state index contributed by atoms with van der Waals surface area (Å²) in [5, 5.41) is 4.31. The molecular weight excluding hydrogens is 214 g/mol. The van der Waals surface area contributed by atoms with Crippen molar-refractivity contribution in [2.45, 2.75) is 20.4 Å². The lowest BCUT2D eigenvalue weighted by Crippen LogP contribution is -1.96. The lowest BCUT2D eigenvalue weighted by molar-refractivity contribution is 0.474. The van der Waals surface area contributed by atoms with Gasteiger partial charge in [-0.25, -0.2) is 0 Å². The van der Waals surface area contributed by atoms with E-state index in [4.69, 9.17) is 10.5 Å². The first-order valence-corrected chi connectivity index (χ1v) is 5.59. The molecule has 0 spiro atoms. The molecule has 0 aliphatic rings. The van der Waals surface area contributed by atoms with Gasteiger partial charge in [0.1, 0.15) is 11.4 Å². The van der Waals surface area contributed by atoms with E-state index < -0.39 is 0 Å². The highest BCUT2D eigenvalue weighted by atomic mass is 16.5. The van der Waals surface area contributed by atoms with Crippen LogP contribution in [-0.4, -0.2) is 9.78 Å². The van der Waals surface area contributed by atoms with E-state index in [1.165, 1.54) is 0 Å². The molecule has 0 amide bonds. The van der Waals surface area contributed by atoms with Crippen LogP contribution in [0.4, 0.5) is 0 Å². The number of aryl methyl sites for hydroxylation is 2. The van der Waals surface area contributed by atoms with Crippen LogP contribution in [0.2, 0.25) is 0 Å². The number of ether oxygens (including phenoxy) is 1. The van der Waals surface area contributed by atoms with Crippen LogP contribution >= 0.6 is 0 Å². The molecule has 0 aliphatic heterocycles. The van der Waals surface area contributed by atoms with Gasteiger partial charge in [0.05, 0.1) is 5.69 Å². The van der Waals surface area contributed by atoms with Crippen molar-refractivity contribution in [3.05, 3.63) is 41.2 Å². The SMILES string of the molecule is Cc1nn(C)c(C)c1Oc1ccc(CN)cc1. The Labute approximate surface area is 101 Å². The summed E-state index contributed by atoms with van der Waals surface area (Å²) in [6, 6.07) is 7.79. The molecule has 0 atom stereocenters. The number of rotatable bonds is 3. The number of hydrogen-bond acceptors (Lipinski definition) is 3. The van der Waals surface area contributed by atoms with Crippen LogP contribution in [0, 0.1) is 13.8 Å². The fraction of sp³-hybridized carbons (Fsp3) is 0.308. The minimum Gasteiger partial charge on any atom is -0.453 e. The average molecular weight is 231 g/mol. The molecule has 17 heavy (non-hydrogen) atoms. The molecule has 1 heterocycles. The van der Waals surface area contributed by atoms with E-state index in [-0.39, 0.29) is 0 Å². The smallest absolute Gasteiger partial charge is 0.171 e. The normalized spacial score (nSPS) is 10.6. The van der Waals surface area contributed by atoms with Gasteiger partial charge in [0.2, 0.25) is 0 Å². The van der Waals surface area contributed by atoms with Crippen LogP contribution in [0.5, 0.6) is 11.5 Å². The van der Waals surface area contributed by atoms with Crippen molar-refractivity contribution in [1.29, 1.82) is 0 Å². The molecule has 1 aromatic carbocycles. The predicted octanol–water partition coefficient (Wildman–Crippen LogP) is 2.29. The zero-order chi connectivity index (χ0) is 12.4. The van der Waals surface area contributed by atoms with Gasteiger partial charge in [-0.15, -0.1) is 0 Å². The van der Waals surface area contributed by atoms with E-state index in [1.54, 1.807) is 0 Å². The Bertz CT molecular complexity index is 514. The fourth-order valence-electron chi connectivity index (χ4n) is 1.71. The number of benzene rings is 1. The molecule has 0 aliphatic carbocycles. The summed E-state index contributed by atoms with van der Waals surface area (Å²) >= 11 is 0. The molecule has 0 saturated heterocycles. The minimum atomic E-state index is 0.547.